The Hall–Kier alpha value is -2.56. The van der Waals surface area contributed by atoms with Gasteiger partial charge < -0.3 is 14.8 Å². The number of nitrogens with one attached hydrogen (secondary N) is 1. The summed E-state index contributed by atoms with van der Waals surface area (Å²) in [6.07, 6.45) is 1.62. The summed E-state index contributed by atoms with van der Waals surface area (Å²) in [5.41, 5.74) is 1.47. The molecule has 5 heteroatoms. The molecule has 0 saturated carbocycles. The van der Waals surface area contributed by atoms with Crippen LogP contribution in [0.4, 0.5) is 10.1 Å². The second kappa shape index (κ2) is 7.13. The fraction of sp³-hybridized carbons (Fsp3) is 0.278. The van der Waals surface area contributed by atoms with Crippen molar-refractivity contribution < 1.29 is 18.7 Å². The number of carbonyl (C=O) groups excluding carboxylic acids is 1. The first-order chi connectivity index (χ1) is 11.2. The topological polar surface area (TPSA) is 47.6 Å². The summed E-state index contributed by atoms with van der Waals surface area (Å²) in [7, 11) is 0. The number of benzene rings is 2. The van der Waals surface area contributed by atoms with Gasteiger partial charge >= 0.3 is 0 Å². The largest absolute Gasteiger partial charge is 0.490 e. The van der Waals surface area contributed by atoms with Gasteiger partial charge in [-0.2, -0.15) is 0 Å². The van der Waals surface area contributed by atoms with Crippen LogP contribution >= 0.6 is 0 Å². The Balaban J connectivity index is 1.58. The third kappa shape index (κ3) is 4.22. The van der Waals surface area contributed by atoms with Gasteiger partial charge in [-0.3, -0.25) is 4.79 Å². The molecule has 4 nitrogen and oxygen atoms in total. The smallest absolute Gasteiger partial charge is 0.224 e. The Bertz CT molecular complexity index is 702. The summed E-state index contributed by atoms with van der Waals surface area (Å²) in [5, 5.41) is 2.83. The van der Waals surface area contributed by atoms with E-state index in [-0.39, 0.29) is 18.1 Å². The summed E-state index contributed by atoms with van der Waals surface area (Å²) >= 11 is 0. The molecule has 2 aromatic carbocycles. The molecule has 0 saturated heterocycles. The Morgan fingerprint density at radius 1 is 1.09 bits per heavy atom. The van der Waals surface area contributed by atoms with Crippen molar-refractivity contribution >= 4 is 11.6 Å². The fourth-order valence-electron chi connectivity index (χ4n) is 2.41. The van der Waals surface area contributed by atoms with Crippen LogP contribution < -0.4 is 14.8 Å². The van der Waals surface area contributed by atoms with E-state index < -0.39 is 0 Å². The number of ether oxygens (including phenoxy) is 2. The molecule has 0 spiro atoms. The van der Waals surface area contributed by atoms with Crippen molar-refractivity contribution in [3.05, 3.63) is 53.8 Å². The van der Waals surface area contributed by atoms with Gasteiger partial charge in [0.15, 0.2) is 11.5 Å². The molecular weight excluding hydrogens is 297 g/mol. The third-order valence-corrected chi connectivity index (χ3v) is 3.56. The molecule has 1 heterocycles. The Morgan fingerprint density at radius 3 is 2.74 bits per heavy atom. The molecule has 1 aliphatic rings. The highest BCUT2D eigenvalue weighted by Crippen LogP contribution is 2.32. The summed E-state index contributed by atoms with van der Waals surface area (Å²) in [4.78, 5) is 12.0. The van der Waals surface area contributed by atoms with E-state index in [0.717, 1.165) is 12.0 Å². The zero-order valence-electron chi connectivity index (χ0n) is 12.7. The minimum atomic E-state index is -0.286. The molecule has 0 atom stereocenters. The van der Waals surface area contributed by atoms with Gasteiger partial charge in [-0.1, -0.05) is 12.1 Å². The normalized spacial score (nSPS) is 13.3. The number of hydrogen-bond acceptors (Lipinski definition) is 3. The molecule has 0 aromatic heterocycles. The van der Waals surface area contributed by atoms with Crippen molar-refractivity contribution in [1.29, 1.82) is 0 Å². The molecule has 1 N–H and O–H groups in total. The molecule has 2 aromatic rings. The summed E-state index contributed by atoms with van der Waals surface area (Å²) in [6.45, 7) is 1.23. The van der Waals surface area contributed by atoms with Crippen LogP contribution in [0.2, 0.25) is 0 Å². The monoisotopic (exact) mass is 315 g/mol. The lowest BCUT2D eigenvalue weighted by Crippen LogP contribution is -2.12. The zero-order chi connectivity index (χ0) is 16.1. The predicted molar refractivity (Wildman–Crippen MR) is 85.4 cm³/mol. The van der Waals surface area contributed by atoms with Crippen LogP contribution in [0.15, 0.2) is 42.5 Å². The van der Waals surface area contributed by atoms with Crippen molar-refractivity contribution in [3.8, 4) is 11.5 Å². The average molecular weight is 315 g/mol. The van der Waals surface area contributed by atoms with Gasteiger partial charge in [-0.05, 0) is 36.2 Å². The van der Waals surface area contributed by atoms with E-state index >= 15 is 0 Å². The summed E-state index contributed by atoms with van der Waals surface area (Å²) < 4.78 is 24.3. The minimum absolute atomic E-state index is 0.122. The molecule has 3 rings (SSSR count). The number of halogens is 1. The van der Waals surface area contributed by atoms with Crippen LogP contribution in [0.5, 0.6) is 11.5 Å². The van der Waals surface area contributed by atoms with E-state index in [1.165, 1.54) is 12.1 Å². The lowest BCUT2D eigenvalue weighted by atomic mass is 10.1. The lowest BCUT2D eigenvalue weighted by Gasteiger charge is -2.10. The molecule has 120 valence electrons. The maximum absolute atomic E-state index is 13.1. The van der Waals surface area contributed by atoms with Crippen LogP contribution in [0.1, 0.15) is 18.4 Å². The number of hydrogen-bond donors (Lipinski definition) is 1. The number of amides is 1. The SMILES string of the molecule is O=C(CCc1cccc(F)c1)Nc1ccc2c(c1)OCCCO2. The predicted octanol–water partition coefficient (Wildman–Crippen LogP) is 3.56. The fourth-order valence-corrected chi connectivity index (χ4v) is 2.41. The molecule has 0 fully saturated rings. The average Bonchev–Trinajstić information content (AvgIpc) is 2.78. The van der Waals surface area contributed by atoms with Crippen molar-refractivity contribution in [2.75, 3.05) is 18.5 Å². The highest BCUT2D eigenvalue weighted by molar-refractivity contribution is 5.91. The van der Waals surface area contributed by atoms with Gasteiger partial charge in [0, 0.05) is 24.6 Å². The quantitative estimate of drug-likeness (QED) is 0.938. The maximum atomic E-state index is 13.1. The standard InChI is InChI=1S/C18H18FNO3/c19-14-4-1-3-13(11-14)5-8-18(21)20-15-6-7-16-17(12-15)23-10-2-9-22-16/h1,3-4,6-7,11-12H,2,5,8-10H2,(H,20,21). The van der Waals surface area contributed by atoms with E-state index in [1.807, 2.05) is 6.07 Å². The van der Waals surface area contributed by atoms with Crippen molar-refractivity contribution in [2.24, 2.45) is 0 Å². The molecule has 23 heavy (non-hydrogen) atoms. The maximum Gasteiger partial charge on any atom is 0.224 e. The van der Waals surface area contributed by atoms with Gasteiger partial charge in [-0.25, -0.2) is 4.39 Å². The molecule has 0 aliphatic carbocycles. The van der Waals surface area contributed by atoms with E-state index in [4.69, 9.17) is 9.47 Å². The zero-order valence-corrected chi connectivity index (χ0v) is 12.7. The number of carbonyl (C=O) groups is 1. The van der Waals surface area contributed by atoms with Crippen LogP contribution in [-0.4, -0.2) is 19.1 Å². The molecule has 0 bridgehead atoms. The molecule has 1 amide bonds. The van der Waals surface area contributed by atoms with Crippen LogP contribution in [0.25, 0.3) is 0 Å². The van der Waals surface area contributed by atoms with E-state index in [0.29, 0.717) is 36.8 Å². The number of rotatable bonds is 4. The third-order valence-electron chi connectivity index (χ3n) is 3.56. The van der Waals surface area contributed by atoms with E-state index in [1.54, 1.807) is 24.3 Å². The van der Waals surface area contributed by atoms with E-state index in [2.05, 4.69) is 5.32 Å². The number of fused-ring (bicyclic) bond motifs is 1. The second-order valence-corrected chi connectivity index (χ2v) is 5.39. The van der Waals surface area contributed by atoms with Gasteiger partial charge in [0.25, 0.3) is 0 Å². The van der Waals surface area contributed by atoms with Crippen molar-refractivity contribution in [3.63, 3.8) is 0 Å². The van der Waals surface area contributed by atoms with Crippen molar-refractivity contribution in [2.45, 2.75) is 19.3 Å². The Morgan fingerprint density at radius 2 is 1.91 bits per heavy atom. The Labute approximate surface area is 134 Å². The summed E-state index contributed by atoms with van der Waals surface area (Å²) in [6, 6.07) is 11.6. The van der Waals surface area contributed by atoms with Crippen LogP contribution in [0.3, 0.4) is 0 Å². The van der Waals surface area contributed by atoms with Gasteiger partial charge in [0.1, 0.15) is 5.82 Å². The summed E-state index contributed by atoms with van der Waals surface area (Å²) in [5.74, 6) is 0.931. The Kier molecular flexibility index (Phi) is 4.76. The molecular formula is C18H18FNO3. The first-order valence-electron chi connectivity index (χ1n) is 7.65. The first kappa shape index (κ1) is 15.3. The number of anilines is 1. The van der Waals surface area contributed by atoms with Crippen LogP contribution in [-0.2, 0) is 11.2 Å². The van der Waals surface area contributed by atoms with Gasteiger partial charge in [0.05, 0.1) is 13.2 Å². The van der Waals surface area contributed by atoms with E-state index in [9.17, 15) is 9.18 Å². The number of aryl methyl sites for hydroxylation is 1. The highest BCUT2D eigenvalue weighted by atomic mass is 19.1. The van der Waals surface area contributed by atoms with Gasteiger partial charge in [-0.15, -0.1) is 0 Å². The molecule has 0 radical (unpaired) electrons. The van der Waals surface area contributed by atoms with Gasteiger partial charge in [0.2, 0.25) is 5.91 Å². The van der Waals surface area contributed by atoms with Crippen LogP contribution in [0, 0.1) is 5.82 Å². The molecule has 0 unspecified atom stereocenters. The minimum Gasteiger partial charge on any atom is -0.490 e. The first-order valence-corrected chi connectivity index (χ1v) is 7.65. The highest BCUT2D eigenvalue weighted by Gasteiger charge is 2.12. The van der Waals surface area contributed by atoms with Crippen molar-refractivity contribution in [1.82, 2.24) is 0 Å². The second-order valence-electron chi connectivity index (χ2n) is 5.39. The molecule has 1 aliphatic heterocycles. The lowest BCUT2D eigenvalue weighted by molar-refractivity contribution is -0.116.